The molecule has 0 bridgehead atoms. The van der Waals surface area contributed by atoms with Crippen LogP contribution in [-0.4, -0.2) is 30.6 Å². The van der Waals surface area contributed by atoms with Gasteiger partial charge in [0, 0.05) is 25.1 Å². The number of hydrogen-bond donors (Lipinski definition) is 0. The molecule has 0 saturated heterocycles. The number of carbonyl (C=O) groups excluding carboxylic acids is 1. The van der Waals surface area contributed by atoms with E-state index in [2.05, 4.69) is 4.99 Å². The number of aliphatic imine (C=N–C) groups is 1. The Bertz CT molecular complexity index is 619. The highest BCUT2D eigenvalue weighted by Gasteiger charge is 2.38. The number of carbonyl (C=O) groups is 1. The van der Waals surface area contributed by atoms with Crippen LogP contribution >= 0.6 is 0 Å². The molecule has 0 atom stereocenters. The highest BCUT2D eigenvalue weighted by molar-refractivity contribution is 6.00. The van der Waals surface area contributed by atoms with Gasteiger partial charge in [0.25, 0.3) is 0 Å². The second-order valence-electron chi connectivity index (χ2n) is 5.99. The first-order valence-corrected chi connectivity index (χ1v) is 7.74. The number of hydrogen-bond acceptors (Lipinski definition) is 2. The minimum atomic E-state index is -4.57. The normalized spacial score (nSPS) is 15.7. The number of nitrogens with zero attached hydrogens (tertiary/aromatic N) is 2. The summed E-state index contributed by atoms with van der Waals surface area (Å²) in [5.74, 6) is -0.663. The van der Waals surface area contributed by atoms with Crippen LogP contribution < -0.4 is 0 Å². The van der Waals surface area contributed by atoms with Crippen LogP contribution in [0.2, 0.25) is 0 Å². The fraction of sp³-hybridized carbons (Fsp3) is 0.529. The number of halogens is 3. The lowest BCUT2D eigenvalue weighted by molar-refractivity contribution is -0.137. The van der Waals surface area contributed by atoms with Crippen molar-refractivity contribution in [2.45, 2.75) is 39.3 Å². The summed E-state index contributed by atoms with van der Waals surface area (Å²) in [6, 6.07) is 2.32. The molecule has 0 unspecified atom stereocenters. The van der Waals surface area contributed by atoms with E-state index in [1.54, 1.807) is 18.9 Å². The van der Waals surface area contributed by atoms with Crippen molar-refractivity contribution in [2.75, 3.05) is 13.6 Å². The molecule has 0 aromatic heterocycles. The molecule has 1 aliphatic carbocycles. The lowest BCUT2D eigenvalue weighted by Gasteiger charge is -2.25. The minimum absolute atomic E-state index is 0.220. The summed E-state index contributed by atoms with van der Waals surface area (Å²) in [5, 5.41) is 0. The van der Waals surface area contributed by atoms with Crippen molar-refractivity contribution in [1.29, 1.82) is 0 Å². The first-order valence-electron chi connectivity index (χ1n) is 7.74. The van der Waals surface area contributed by atoms with Gasteiger partial charge in [-0.3, -0.25) is 4.79 Å². The van der Waals surface area contributed by atoms with Crippen LogP contribution in [0.1, 0.15) is 47.7 Å². The monoisotopic (exact) mass is 326 g/mol. The standard InChI is InChI=1S/C17H21F3N2O/c1-4-22(3)10-21-15-9-14(17(18,19)20)13(8-11(15)2)16(23)12-6-5-7-12/h8-10,12H,4-7H2,1-3H3. The van der Waals surface area contributed by atoms with Crippen molar-refractivity contribution in [3.05, 3.63) is 28.8 Å². The molecule has 0 spiro atoms. The zero-order valence-corrected chi connectivity index (χ0v) is 13.6. The number of benzene rings is 1. The fourth-order valence-corrected chi connectivity index (χ4v) is 2.41. The molecular formula is C17H21F3N2O. The zero-order chi connectivity index (χ0) is 17.2. The maximum atomic E-state index is 13.4. The molecule has 2 rings (SSSR count). The average Bonchev–Trinajstić information content (AvgIpc) is 2.42. The van der Waals surface area contributed by atoms with Crippen molar-refractivity contribution >= 4 is 17.8 Å². The van der Waals surface area contributed by atoms with Crippen molar-refractivity contribution in [3.63, 3.8) is 0 Å². The topological polar surface area (TPSA) is 32.7 Å². The second-order valence-corrected chi connectivity index (χ2v) is 5.99. The maximum absolute atomic E-state index is 13.4. The van der Waals surface area contributed by atoms with Gasteiger partial charge in [0.05, 0.1) is 17.6 Å². The van der Waals surface area contributed by atoms with Gasteiger partial charge in [0.15, 0.2) is 5.78 Å². The minimum Gasteiger partial charge on any atom is -0.366 e. The summed E-state index contributed by atoms with van der Waals surface area (Å²) in [6.07, 6.45) is -0.811. The van der Waals surface area contributed by atoms with Gasteiger partial charge in [-0.25, -0.2) is 4.99 Å². The Morgan fingerprint density at radius 2 is 2.04 bits per heavy atom. The third-order valence-corrected chi connectivity index (χ3v) is 4.28. The van der Waals surface area contributed by atoms with Gasteiger partial charge < -0.3 is 4.90 Å². The molecule has 1 aliphatic rings. The Hall–Kier alpha value is -1.85. The highest BCUT2D eigenvalue weighted by atomic mass is 19.4. The zero-order valence-electron chi connectivity index (χ0n) is 13.6. The summed E-state index contributed by atoms with van der Waals surface area (Å²) in [7, 11) is 1.79. The van der Waals surface area contributed by atoms with E-state index < -0.39 is 17.5 Å². The molecule has 0 radical (unpaired) electrons. The van der Waals surface area contributed by atoms with Crippen LogP contribution in [-0.2, 0) is 6.18 Å². The SMILES string of the molecule is CCN(C)C=Nc1cc(C(F)(F)F)c(C(=O)C2CCC2)cc1C. The second kappa shape index (κ2) is 6.72. The Morgan fingerprint density at radius 3 is 2.52 bits per heavy atom. The molecule has 126 valence electrons. The van der Waals surface area contributed by atoms with Gasteiger partial charge in [-0.2, -0.15) is 13.2 Å². The van der Waals surface area contributed by atoms with Crippen molar-refractivity contribution in [2.24, 2.45) is 10.9 Å². The van der Waals surface area contributed by atoms with E-state index in [-0.39, 0.29) is 17.2 Å². The number of ketones is 1. The van der Waals surface area contributed by atoms with Gasteiger partial charge in [0.2, 0.25) is 0 Å². The molecule has 1 aromatic rings. The third-order valence-electron chi connectivity index (χ3n) is 4.28. The summed E-state index contributed by atoms with van der Waals surface area (Å²) < 4.78 is 40.1. The lowest BCUT2D eigenvalue weighted by atomic mass is 9.78. The molecule has 3 nitrogen and oxygen atoms in total. The first kappa shape index (κ1) is 17.5. The van der Waals surface area contributed by atoms with Crippen molar-refractivity contribution in [3.8, 4) is 0 Å². The molecular weight excluding hydrogens is 305 g/mol. The maximum Gasteiger partial charge on any atom is 0.417 e. The van der Waals surface area contributed by atoms with Crippen LogP contribution in [0.4, 0.5) is 18.9 Å². The number of rotatable bonds is 5. The van der Waals surface area contributed by atoms with Gasteiger partial charge in [-0.15, -0.1) is 0 Å². The summed E-state index contributed by atoms with van der Waals surface area (Å²) in [6.45, 7) is 4.30. The van der Waals surface area contributed by atoms with Crippen molar-refractivity contribution < 1.29 is 18.0 Å². The van der Waals surface area contributed by atoms with Gasteiger partial charge in [-0.05, 0) is 44.4 Å². The van der Waals surface area contributed by atoms with Crippen LogP contribution in [0.15, 0.2) is 17.1 Å². The van der Waals surface area contributed by atoms with Crippen LogP contribution in [0.3, 0.4) is 0 Å². The smallest absolute Gasteiger partial charge is 0.366 e. The van der Waals surface area contributed by atoms with Crippen LogP contribution in [0, 0.1) is 12.8 Å². The number of Topliss-reactive ketones (excluding diaryl/α,β-unsaturated/α-hetero) is 1. The Morgan fingerprint density at radius 1 is 1.39 bits per heavy atom. The van der Waals surface area contributed by atoms with E-state index in [4.69, 9.17) is 0 Å². The third kappa shape index (κ3) is 3.92. The fourth-order valence-electron chi connectivity index (χ4n) is 2.41. The van der Waals surface area contributed by atoms with Gasteiger partial charge in [0.1, 0.15) is 0 Å². The molecule has 0 heterocycles. The number of alkyl halides is 3. The molecule has 0 N–H and O–H groups in total. The Balaban J connectivity index is 2.45. The quantitative estimate of drug-likeness (QED) is 0.450. The number of aryl methyl sites for hydroxylation is 1. The Kier molecular flexibility index (Phi) is 5.12. The van der Waals surface area contributed by atoms with E-state index in [0.717, 1.165) is 12.5 Å². The molecule has 0 aliphatic heterocycles. The van der Waals surface area contributed by atoms with E-state index in [1.165, 1.54) is 12.4 Å². The van der Waals surface area contributed by atoms with E-state index >= 15 is 0 Å². The summed E-state index contributed by atoms with van der Waals surface area (Å²) >= 11 is 0. The Labute approximate surface area is 134 Å². The lowest BCUT2D eigenvalue weighted by Crippen LogP contribution is -2.25. The van der Waals surface area contributed by atoms with Gasteiger partial charge >= 0.3 is 6.18 Å². The molecule has 1 fully saturated rings. The predicted molar refractivity (Wildman–Crippen MR) is 84.3 cm³/mol. The largest absolute Gasteiger partial charge is 0.417 e. The highest BCUT2D eigenvalue weighted by Crippen LogP contribution is 2.39. The van der Waals surface area contributed by atoms with E-state index in [1.807, 2.05) is 6.92 Å². The van der Waals surface area contributed by atoms with Gasteiger partial charge in [-0.1, -0.05) is 6.42 Å². The molecule has 6 heteroatoms. The molecule has 1 aromatic carbocycles. The van der Waals surface area contributed by atoms with Crippen LogP contribution in [0.5, 0.6) is 0 Å². The molecule has 23 heavy (non-hydrogen) atoms. The molecule has 1 saturated carbocycles. The predicted octanol–water partition coefficient (Wildman–Crippen LogP) is 4.61. The first-order chi connectivity index (χ1) is 10.7. The summed E-state index contributed by atoms with van der Waals surface area (Å²) in [5.41, 5.74) is -0.294. The van der Waals surface area contributed by atoms with E-state index in [0.29, 0.717) is 24.9 Å². The average molecular weight is 326 g/mol. The molecule has 0 amide bonds. The van der Waals surface area contributed by atoms with Crippen molar-refractivity contribution in [1.82, 2.24) is 4.90 Å². The van der Waals surface area contributed by atoms with E-state index in [9.17, 15) is 18.0 Å². The van der Waals surface area contributed by atoms with Crippen LogP contribution in [0.25, 0.3) is 0 Å². The summed E-state index contributed by atoms with van der Waals surface area (Å²) in [4.78, 5) is 18.2.